The summed E-state index contributed by atoms with van der Waals surface area (Å²) in [4.78, 5) is 26.6. The number of nitrogens with zero attached hydrogens (tertiary/aromatic N) is 1. The molecule has 1 aromatic carbocycles. The second-order valence-corrected chi connectivity index (χ2v) is 6.66. The number of carbonyl (C=O) groups excluding carboxylic acids is 2. The molecule has 1 fully saturated rings. The van der Waals surface area contributed by atoms with E-state index in [9.17, 15) is 9.59 Å². The molecule has 7 heteroatoms. The Hall–Kier alpha value is -1.63. The Morgan fingerprint density at radius 3 is 2.70 bits per heavy atom. The Labute approximate surface area is 142 Å². The normalized spacial score (nSPS) is 16.3. The third kappa shape index (κ3) is 3.34. The smallest absolute Gasteiger partial charge is 0.350 e. The van der Waals surface area contributed by atoms with Gasteiger partial charge < -0.3 is 14.4 Å². The molecule has 1 saturated heterocycles. The molecule has 1 amide bonds. The van der Waals surface area contributed by atoms with Crippen molar-refractivity contribution in [1.29, 1.82) is 0 Å². The number of hydrogen-bond acceptors (Lipinski definition) is 5. The molecule has 0 saturated carbocycles. The lowest BCUT2D eigenvalue weighted by molar-refractivity contribution is -0.143. The summed E-state index contributed by atoms with van der Waals surface area (Å²) < 4.78 is 11.4. The topological polar surface area (TPSA) is 55.8 Å². The van der Waals surface area contributed by atoms with Gasteiger partial charge in [0.15, 0.2) is 6.10 Å². The molecule has 0 unspecified atom stereocenters. The number of hydrogen-bond donors (Lipinski definition) is 0. The van der Waals surface area contributed by atoms with E-state index in [4.69, 9.17) is 21.1 Å². The summed E-state index contributed by atoms with van der Waals surface area (Å²) in [7, 11) is 0. The van der Waals surface area contributed by atoms with E-state index in [0.29, 0.717) is 36.2 Å². The molecule has 2 heterocycles. The quantitative estimate of drug-likeness (QED) is 0.796. The van der Waals surface area contributed by atoms with Crippen LogP contribution in [0.15, 0.2) is 24.3 Å². The van der Waals surface area contributed by atoms with Gasteiger partial charge in [0.25, 0.3) is 5.91 Å². The molecule has 2 aromatic rings. The van der Waals surface area contributed by atoms with Crippen LogP contribution in [0.4, 0.5) is 0 Å². The van der Waals surface area contributed by atoms with Gasteiger partial charge in [-0.3, -0.25) is 4.79 Å². The monoisotopic (exact) mass is 353 g/mol. The number of halogens is 1. The number of ether oxygens (including phenoxy) is 2. The summed E-state index contributed by atoms with van der Waals surface area (Å²) in [5.41, 5.74) is 0. The van der Waals surface area contributed by atoms with Gasteiger partial charge in [-0.1, -0.05) is 29.8 Å². The summed E-state index contributed by atoms with van der Waals surface area (Å²) in [5.74, 6) is -0.774. The Morgan fingerprint density at radius 1 is 1.30 bits per heavy atom. The highest BCUT2D eigenvalue weighted by Crippen LogP contribution is 2.35. The highest BCUT2D eigenvalue weighted by atomic mass is 35.5. The van der Waals surface area contributed by atoms with E-state index in [1.807, 2.05) is 24.3 Å². The van der Waals surface area contributed by atoms with Gasteiger partial charge in [-0.25, -0.2) is 4.79 Å². The minimum Gasteiger partial charge on any atom is -0.448 e. The molecular formula is C16H16ClNO4S. The van der Waals surface area contributed by atoms with Crippen molar-refractivity contribution in [2.75, 3.05) is 26.3 Å². The molecule has 122 valence electrons. The van der Waals surface area contributed by atoms with Crippen LogP contribution in [0.2, 0.25) is 5.02 Å². The fourth-order valence-corrected chi connectivity index (χ4v) is 3.84. The van der Waals surface area contributed by atoms with E-state index in [1.165, 1.54) is 11.3 Å². The largest absolute Gasteiger partial charge is 0.448 e. The van der Waals surface area contributed by atoms with Crippen molar-refractivity contribution in [3.63, 3.8) is 0 Å². The molecule has 1 aliphatic heterocycles. The van der Waals surface area contributed by atoms with Crippen molar-refractivity contribution in [3.05, 3.63) is 34.2 Å². The lowest BCUT2D eigenvalue weighted by atomic mass is 10.2. The molecule has 0 spiro atoms. The van der Waals surface area contributed by atoms with Crippen LogP contribution in [-0.4, -0.2) is 49.2 Å². The van der Waals surface area contributed by atoms with E-state index < -0.39 is 12.1 Å². The zero-order valence-electron chi connectivity index (χ0n) is 12.6. The summed E-state index contributed by atoms with van der Waals surface area (Å²) in [5, 5.41) is 1.19. The molecule has 1 aliphatic rings. The first-order chi connectivity index (χ1) is 11.1. The van der Waals surface area contributed by atoms with E-state index in [0.717, 1.165) is 10.1 Å². The van der Waals surface area contributed by atoms with Gasteiger partial charge in [0, 0.05) is 23.2 Å². The van der Waals surface area contributed by atoms with Crippen molar-refractivity contribution in [3.8, 4) is 0 Å². The zero-order chi connectivity index (χ0) is 16.4. The van der Waals surface area contributed by atoms with E-state index in [1.54, 1.807) is 11.8 Å². The average Bonchev–Trinajstić information content (AvgIpc) is 2.92. The van der Waals surface area contributed by atoms with E-state index in [2.05, 4.69) is 0 Å². The second-order valence-electron chi connectivity index (χ2n) is 5.23. The summed E-state index contributed by atoms with van der Waals surface area (Å²) in [6.07, 6.45) is -0.845. The number of thiophene rings is 1. The molecule has 0 aliphatic carbocycles. The number of carbonyl (C=O) groups is 2. The summed E-state index contributed by atoms with van der Waals surface area (Å²) in [6.45, 7) is 3.63. The van der Waals surface area contributed by atoms with Crippen molar-refractivity contribution in [1.82, 2.24) is 4.90 Å². The lowest BCUT2D eigenvalue weighted by Crippen LogP contribution is -2.46. The van der Waals surface area contributed by atoms with Gasteiger partial charge in [0.05, 0.1) is 18.2 Å². The number of benzene rings is 1. The maximum absolute atomic E-state index is 12.3. The van der Waals surface area contributed by atoms with Crippen LogP contribution < -0.4 is 0 Å². The number of esters is 1. The predicted molar refractivity (Wildman–Crippen MR) is 89.1 cm³/mol. The molecule has 1 aromatic heterocycles. The van der Waals surface area contributed by atoms with Gasteiger partial charge in [-0.2, -0.15) is 0 Å². The van der Waals surface area contributed by atoms with Crippen molar-refractivity contribution in [2.24, 2.45) is 0 Å². The Balaban J connectivity index is 1.72. The first kappa shape index (κ1) is 16.2. The number of amides is 1. The summed E-state index contributed by atoms with van der Waals surface area (Å²) in [6, 6.07) is 7.49. The fraction of sp³-hybridized carbons (Fsp3) is 0.375. The van der Waals surface area contributed by atoms with Crippen LogP contribution in [-0.2, 0) is 14.3 Å². The van der Waals surface area contributed by atoms with Gasteiger partial charge >= 0.3 is 5.97 Å². The third-order valence-electron chi connectivity index (χ3n) is 3.67. The van der Waals surface area contributed by atoms with E-state index >= 15 is 0 Å². The standard InChI is InChI=1S/C16H16ClNO4S/c1-10(15(19)18-6-8-21-9-7-18)22-16(20)14-13(17)11-4-2-3-5-12(11)23-14/h2-5,10H,6-9H2,1H3/t10-/m0/s1. The number of fused-ring (bicyclic) bond motifs is 1. The van der Waals surface area contributed by atoms with Crippen molar-refractivity contribution < 1.29 is 19.1 Å². The lowest BCUT2D eigenvalue weighted by Gasteiger charge is -2.28. The first-order valence-corrected chi connectivity index (χ1v) is 8.52. The number of rotatable bonds is 3. The van der Waals surface area contributed by atoms with Crippen LogP contribution in [0.1, 0.15) is 16.6 Å². The van der Waals surface area contributed by atoms with Gasteiger partial charge in [0.1, 0.15) is 4.88 Å². The van der Waals surface area contributed by atoms with E-state index in [-0.39, 0.29) is 5.91 Å². The van der Waals surface area contributed by atoms with Gasteiger partial charge in [0.2, 0.25) is 0 Å². The van der Waals surface area contributed by atoms with Crippen molar-refractivity contribution in [2.45, 2.75) is 13.0 Å². The molecule has 0 radical (unpaired) electrons. The van der Waals surface area contributed by atoms with Crippen LogP contribution in [0.3, 0.4) is 0 Å². The fourth-order valence-electron chi connectivity index (χ4n) is 2.45. The third-order valence-corrected chi connectivity index (χ3v) is 5.33. The zero-order valence-corrected chi connectivity index (χ0v) is 14.2. The second kappa shape index (κ2) is 6.86. The Morgan fingerprint density at radius 2 is 2.00 bits per heavy atom. The average molecular weight is 354 g/mol. The molecule has 23 heavy (non-hydrogen) atoms. The predicted octanol–water partition coefficient (Wildman–Crippen LogP) is 2.96. The Bertz CT molecular complexity index is 739. The highest BCUT2D eigenvalue weighted by Gasteiger charge is 2.27. The molecule has 1 atom stereocenters. The maximum Gasteiger partial charge on any atom is 0.350 e. The molecular weight excluding hydrogens is 338 g/mol. The van der Waals surface area contributed by atoms with Crippen LogP contribution >= 0.6 is 22.9 Å². The van der Waals surface area contributed by atoms with Gasteiger partial charge in [-0.05, 0) is 13.0 Å². The van der Waals surface area contributed by atoms with Crippen LogP contribution in [0, 0.1) is 0 Å². The highest BCUT2D eigenvalue weighted by molar-refractivity contribution is 7.21. The van der Waals surface area contributed by atoms with Gasteiger partial charge in [-0.15, -0.1) is 11.3 Å². The van der Waals surface area contributed by atoms with Crippen molar-refractivity contribution >= 4 is 44.9 Å². The minimum absolute atomic E-state index is 0.209. The maximum atomic E-state index is 12.3. The number of morpholine rings is 1. The molecule has 5 nitrogen and oxygen atoms in total. The Kier molecular flexibility index (Phi) is 4.84. The SMILES string of the molecule is C[C@H](OC(=O)c1sc2ccccc2c1Cl)C(=O)N1CCOCC1. The first-order valence-electron chi connectivity index (χ1n) is 7.32. The van der Waals surface area contributed by atoms with Crippen LogP contribution in [0.25, 0.3) is 10.1 Å². The summed E-state index contributed by atoms with van der Waals surface area (Å²) >= 11 is 7.53. The molecule has 3 rings (SSSR count). The minimum atomic E-state index is -0.845. The molecule has 0 bridgehead atoms. The van der Waals surface area contributed by atoms with Crippen LogP contribution in [0.5, 0.6) is 0 Å². The molecule has 0 N–H and O–H groups in total.